The summed E-state index contributed by atoms with van der Waals surface area (Å²) in [4.78, 5) is 0. The third-order valence-electron chi connectivity index (χ3n) is 3.10. The van der Waals surface area contributed by atoms with Gasteiger partial charge in [0.25, 0.3) is 0 Å². The van der Waals surface area contributed by atoms with E-state index in [1.165, 1.54) is 4.68 Å². The maximum absolute atomic E-state index is 13.4. The molecule has 0 unspecified atom stereocenters. The molecular weight excluding hydrogens is 312 g/mol. The largest absolute Gasteiger partial charge is 0.390 e. The second-order valence-electron chi connectivity index (χ2n) is 4.59. The summed E-state index contributed by atoms with van der Waals surface area (Å²) < 4.78 is 28.1. The van der Waals surface area contributed by atoms with Crippen LogP contribution in [0.3, 0.4) is 0 Å². The Kier molecular flexibility index (Phi) is 3.87. The molecule has 0 amide bonds. The Morgan fingerprint density at radius 3 is 2.27 bits per heavy atom. The minimum Gasteiger partial charge on any atom is -0.390 e. The van der Waals surface area contributed by atoms with Crippen LogP contribution in [0.4, 0.5) is 8.78 Å². The number of benzene rings is 2. The van der Waals surface area contributed by atoms with Gasteiger partial charge in [0.05, 0.1) is 12.3 Å². The minimum atomic E-state index is -0.724. The van der Waals surface area contributed by atoms with Crippen molar-refractivity contribution >= 4 is 11.6 Å². The highest BCUT2D eigenvalue weighted by Gasteiger charge is 2.16. The van der Waals surface area contributed by atoms with Gasteiger partial charge in [-0.1, -0.05) is 28.9 Å². The summed E-state index contributed by atoms with van der Waals surface area (Å²) in [6, 6.07) is 9.81. The molecule has 0 saturated carbocycles. The van der Waals surface area contributed by atoms with Crippen molar-refractivity contribution in [1.29, 1.82) is 0 Å². The predicted octanol–water partition coefficient (Wildman–Crippen LogP) is 3.36. The molecule has 7 heteroatoms. The van der Waals surface area contributed by atoms with Gasteiger partial charge in [0.2, 0.25) is 0 Å². The smallest absolute Gasteiger partial charge is 0.128 e. The molecule has 0 aliphatic carbocycles. The third kappa shape index (κ3) is 2.70. The second-order valence-corrected chi connectivity index (χ2v) is 5.03. The van der Waals surface area contributed by atoms with Gasteiger partial charge in [0, 0.05) is 16.7 Å². The zero-order valence-electron chi connectivity index (χ0n) is 11.2. The van der Waals surface area contributed by atoms with Crippen LogP contribution < -0.4 is 0 Å². The summed E-state index contributed by atoms with van der Waals surface area (Å²) in [5.74, 6) is -1.45. The molecule has 2 aromatic carbocycles. The summed E-state index contributed by atoms with van der Waals surface area (Å²) in [6.45, 7) is -0.351. The number of aromatic nitrogens is 3. The number of hydrogen-bond acceptors (Lipinski definition) is 3. The van der Waals surface area contributed by atoms with E-state index in [0.717, 1.165) is 18.2 Å². The van der Waals surface area contributed by atoms with Crippen LogP contribution in [0.25, 0.3) is 16.9 Å². The van der Waals surface area contributed by atoms with Crippen molar-refractivity contribution in [1.82, 2.24) is 15.0 Å². The van der Waals surface area contributed by atoms with Crippen molar-refractivity contribution in [2.75, 3.05) is 0 Å². The van der Waals surface area contributed by atoms with Gasteiger partial charge in [0.15, 0.2) is 0 Å². The molecule has 112 valence electrons. The molecule has 0 atom stereocenters. The Morgan fingerprint density at radius 1 is 1.05 bits per heavy atom. The number of aliphatic hydroxyl groups is 1. The molecule has 0 fully saturated rings. The van der Waals surface area contributed by atoms with Crippen LogP contribution in [0.2, 0.25) is 5.02 Å². The summed E-state index contributed by atoms with van der Waals surface area (Å²) in [7, 11) is 0. The van der Waals surface area contributed by atoms with Crippen molar-refractivity contribution in [3.05, 3.63) is 64.8 Å². The van der Waals surface area contributed by atoms with Crippen molar-refractivity contribution in [2.45, 2.75) is 6.61 Å². The molecule has 0 aliphatic heterocycles. The average Bonchev–Trinajstić information content (AvgIpc) is 2.91. The summed E-state index contributed by atoms with van der Waals surface area (Å²) in [6.07, 6.45) is 0. The normalized spacial score (nSPS) is 10.9. The predicted molar refractivity (Wildman–Crippen MR) is 77.6 cm³/mol. The van der Waals surface area contributed by atoms with Crippen LogP contribution >= 0.6 is 11.6 Å². The van der Waals surface area contributed by atoms with E-state index in [0.29, 0.717) is 22.0 Å². The van der Waals surface area contributed by atoms with E-state index < -0.39 is 11.6 Å². The van der Waals surface area contributed by atoms with Gasteiger partial charge in [-0.2, -0.15) is 0 Å². The molecule has 0 radical (unpaired) electrons. The lowest BCUT2D eigenvalue weighted by atomic mass is 10.1. The molecule has 22 heavy (non-hydrogen) atoms. The molecule has 0 spiro atoms. The van der Waals surface area contributed by atoms with Gasteiger partial charge >= 0.3 is 0 Å². The Hall–Kier alpha value is -2.31. The molecule has 4 nitrogen and oxygen atoms in total. The van der Waals surface area contributed by atoms with E-state index in [1.54, 1.807) is 24.3 Å². The Morgan fingerprint density at radius 2 is 1.68 bits per heavy atom. The number of nitrogens with zero attached hydrogens (tertiary/aromatic N) is 3. The van der Waals surface area contributed by atoms with Gasteiger partial charge in [-0.15, -0.1) is 5.10 Å². The number of halogens is 3. The van der Waals surface area contributed by atoms with Crippen LogP contribution in [-0.4, -0.2) is 20.1 Å². The number of aliphatic hydroxyl groups excluding tert-OH is 1. The number of rotatable bonds is 3. The summed E-state index contributed by atoms with van der Waals surface area (Å²) in [5.41, 5.74) is 1.59. The maximum atomic E-state index is 13.4. The standard InChI is InChI=1S/C15H10ClF2N3O/c16-10-3-1-9(2-4-10)15-14(8-22)19-20-21(15)13-6-11(17)5-12(18)7-13/h1-7,22H,8H2. The zero-order valence-corrected chi connectivity index (χ0v) is 11.9. The van der Waals surface area contributed by atoms with Gasteiger partial charge in [-0.3, -0.25) is 0 Å². The second kappa shape index (κ2) is 5.82. The van der Waals surface area contributed by atoms with Crippen LogP contribution in [0.15, 0.2) is 42.5 Å². The van der Waals surface area contributed by atoms with Crippen molar-refractivity contribution in [3.63, 3.8) is 0 Å². The highest BCUT2D eigenvalue weighted by molar-refractivity contribution is 6.30. The molecule has 0 aliphatic rings. The SMILES string of the molecule is OCc1nnn(-c2cc(F)cc(F)c2)c1-c1ccc(Cl)cc1. The monoisotopic (exact) mass is 321 g/mol. The topological polar surface area (TPSA) is 50.9 Å². The van der Waals surface area contributed by atoms with E-state index in [1.807, 2.05) is 0 Å². The first-order valence-electron chi connectivity index (χ1n) is 6.36. The Balaban J connectivity index is 2.20. The Labute approximate surface area is 129 Å². The van der Waals surface area contributed by atoms with Crippen LogP contribution in [0.1, 0.15) is 5.69 Å². The van der Waals surface area contributed by atoms with E-state index in [4.69, 9.17) is 11.6 Å². The lowest BCUT2D eigenvalue weighted by molar-refractivity contribution is 0.277. The highest BCUT2D eigenvalue weighted by Crippen LogP contribution is 2.27. The molecule has 3 aromatic rings. The lowest BCUT2D eigenvalue weighted by Crippen LogP contribution is -2.01. The summed E-state index contributed by atoms with van der Waals surface area (Å²) >= 11 is 5.86. The van der Waals surface area contributed by atoms with Crippen LogP contribution in [-0.2, 0) is 6.61 Å². The van der Waals surface area contributed by atoms with Gasteiger partial charge < -0.3 is 5.11 Å². The van der Waals surface area contributed by atoms with Gasteiger partial charge in [-0.05, 0) is 24.3 Å². The van der Waals surface area contributed by atoms with Crippen LogP contribution in [0.5, 0.6) is 0 Å². The Bertz CT molecular complexity index is 798. The van der Waals surface area contributed by atoms with E-state index in [9.17, 15) is 13.9 Å². The first-order valence-corrected chi connectivity index (χ1v) is 6.74. The fourth-order valence-corrected chi connectivity index (χ4v) is 2.28. The minimum absolute atomic E-state index is 0.176. The average molecular weight is 322 g/mol. The van der Waals surface area contributed by atoms with E-state index in [2.05, 4.69) is 10.3 Å². The molecule has 1 N–H and O–H groups in total. The molecular formula is C15H10ClF2N3O. The molecule has 1 aromatic heterocycles. The van der Waals surface area contributed by atoms with Crippen LogP contribution in [0, 0.1) is 11.6 Å². The summed E-state index contributed by atoms with van der Waals surface area (Å²) in [5, 5.41) is 17.7. The lowest BCUT2D eigenvalue weighted by Gasteiger charge is -2.08. The van der Waals surface area contributed by atoms with Crippen molar-refractivity contribution in [3.8, 4) is 16.9 Å². The van der Waals surface area contributed by atoms with E-state index in [-0.39, 0.29) is 12.3 Å². The fraction of sp³-hybridized carbons (Fsp3) is 0.0667. The third-order valence-corrected chi connectivity index (χ3v) is 3.35. The first kappa shape index (κ1) is 14.6. The maximum Gasteiger partial charge on any atom is 0.128 e. The quantitative estimate of drug-likeness (QED) is 0.804. The highest BCUT2D eigenvalue weighted by atomic mass is 35.5. The van der Waals surface area contributed by atoms with E-state index >= 15 is 0 Å². The van der Waals surface area contributed by atoms with Crippen molar-refractivity contribution in [2.24, 2.45) is 0 Å². The number of hydrogen-bond donors (Lipinski definition) is 1. The van der Waals surface area contributed by atoms with Gasteiger partial charge in [0.1, 0.15) is 23.0 Å². The van der Waals surface area contributed by atoms with Crippen molar-refractivity contribution < 1.29 is 13.9 Å². The first-order chi connectivity index (χ1) is 10.6. The molecule has 0 bridgehead atoms. The molecule has 1 heterocycles. The molecule has 0 saturated heterocycles. The fourth-order valence-electron chi connectivity index (χ4n) is 2.16. The zero-order chi connectivity index (χ0) is 15.7. The molecule has 3 rings (SSSR count). The van der Waals surface area contributed by atoms with Gasteiger partial charge in [-0.25, -0.2) is 13.5 Å².